The van der Waals surface area contributed by atoms with Gasteiger partial charge < -0.3 is 9.47 Å². The molecule has 21 heavy (non-hydrogen) atoms. The Morgan fingerprint density at radius 2 is 1.67 bits per heavy atom. The summed E-state index contributed by atoms with van der Waals surface area (Å²) < 4.78 is 9.80. The van der Waals surface area contributed by atoms with Gasteiger partial charge in [0.25, 0.3) is 0 Å². The largest absolute Gasteiger partial charge is 0.468 e. The summed E-state index contributed by atoms with van der Waals surface area (Å²) in [6.45, 7) is 3.06. The van der Waals surface area contributed by atoms with Crippen LogP contribution in [0.3, 0.4) is 0 Å². The molecule has 114 valence electrons. The van der Waals surface area contributed by atoms with Gasteiger partial charge in [0.2, 0.25) is 0 Å². The average molecular weight is 292 g/mol. The Kier molecular flexibility index (Phi) is 6.75. The molecule has 0 aromatic heterocycles. The molecule has 0 saturated carbocycles. The maximum atomic E-state index is 11.9. The number of ether oxygens (including phenoxy) is 2. The molecule has 0 bridgehead atoms. The molecular weight excluding hydrogens is 272 g/mol. The monoisotopic (exact) mass is 292 g/mol. The molecule has 0 amide bonds. The van der Waals surface area contributed by atoms with Crippen LogP contribution >= 0.6 is 0 Å². The fourth-order valence-electron chi connectivity index (χ4n) is 1.80. The lowest BCUT2D eigenvalue weighted by Crippen LogP contribution is -2.33. The first kappa shape index (κ1) is 17.0. The van der Waals surface area contributed by atoms with E-state index in [1.54, 1.807) is 0 Å². The molecule has 0 aliphatic rings. The van der Waals surface area contributed by atoms with E-state index < -0.39 is 23.6 Å². The van der Waals surface area contributed by atoms with Crippen LogP contribution in [0.4, 0.5) is 0 Å². The number of carbonyl (C=O) groups excluding carboxylic acids is 3. The molecule has 0 aliphatic carbocycles. The van der Waals surface area contributed by atoms with Crippen molar-refractivity contribution in [2.24, 2.45) is 11.8 Å². The van der Waals surface area contributed by atoms with Crippen LogP contribution in [0.2, 0.25) is 0 Å². The maximum Gasteiger partial charge on any atom is 0.315 e. The number of esters is 1. The van der Waals surface area contributed by atoms with Crippen LogP contribution in [0, 0.1) is 11.8 Å². The highest BCUT2D eigenvalue weighted by Crippen LogP contribution is 2.11. The van der Waals surface area contributed by atoms with E-state index >= 15 is 0 Å². The van der Waals surface area contributed by atoms with Crippen LogP contribution in [-0.4, -0.2) is 31.3 Å². The Hall–Kier alpha value is -2.01. The number of rotatable bonds is 8. The summed E-state index contributed by atoms with van der Waals surface area (Å²) >= 11 is 0. The van der Waals surface area contributed by atoms with Gasteiger partial charge in [0.05, 0.1) is 19.6 Å². The van der Waals surface area contributed by atoms with E-state index in [2.05, 4.69) is 4.74 Å². The molecule has 0 heterocycles. The van der Waals surface area contributed by atoms with Gasteiger partial charge >= 0.3 is 5.97 Å². The van der Waals surface area contributed by atoms with Gasteiger partial charge in [-0.15, -0.1) is 0 Å². The molecule has 0 saturated heterocycles. The molecule has 0 spiro atoms. The Balaban J connectivity index is 2.44. The molecule has 1 aromatic rings. The molecule has 0 aliphatic heterocycles. The Bertz CT molecular complexity index is 495. The van der Waals surface area contributed by atoms with Gasteiger partial charge in [0.15, 0.2) is 11.6 Å². The molecule has 0 N–H and O–H groups in total. The lowest BCUT2D eigenvalue weighted by molar-refractivity contribution is -0.150. The molecule has 0 radical (unpaired) electrons. The van der Waals surface area contributed by atoms with Gasteiger partial charge in [0, 0.05) is 0 Å². The van der Waals surface area contributed by atoms with Gasteiger partial charge in [-0.05, 0) is 19.4 Å². The first-order chi connectivity index (χ1) is 9.97. The lowest BCUT2D eigenvalue weighted by Gasteiger charge is -2.14. The van der Waals surface area contributed by atoms with Crippen LogP contribution in [0.25, 0.3) is 0 Å². The Morgan fingerprint density at radius 3 is 2.24 bits per heavy atom. The number of hydrogen-bond donors (Lipinski definition) is 0. The average Bonchev–Trinajstić information content (AvgIpc) is 2.52. The number of hydrogen-bond acceptors (Lipinski definition) is 5. The van der Waals surface area contributed by atoms with Crippen LogP contribution in [0.1, 0.15) is 19.4 Å². The van der Waals surface area contributed by atoms with E-state index in [9.17, 15) is 14.4 Å². The van der Waals surface area contributed by atoms with Crippen LogP contribution in [0.15, 0.2) is 30.3 Å². The smallest absolute Gasteiger partial charge is 0.315 e. The third-order valence-corrected chi connectivity index (χ3v) is 3.25. The summed E-state index contributed by atoms with van der Waals surface area (Å²) in [4.78, 5) is 35.1. The third kappa shape index (κ3) is 5.11. The van der Waals surface area contributed by atoms with E-state index in [0.29, 0.717) is 6.61 Å². The standard InChI is InChI=1S/C16H20O5/c1-11(15(18)12(2)16(19)20-3)14(17)10-21-9-13-7-5-4-6-8-13/h4-8,11-12H,9-10H2,1-3H3. The van der Waals surface area contributed by atoms with Gasteiger partial charge in [-0.1, -0.05) is 30.3 Å². The third-order valence-electron chi connectivity index (χ3n) is 3.25. The first-order valence-electron chi connectivity index (χ1n) is 6.73. The highest BCUT2D eigenvalue weighted by molar-refractivity contribution is 6.09. The highest BCUT2D eigenvalue weighted by atomic mass is 16.5. The van der Waals surface area contributed by atoms with Crippen molar-refractivity contribution in [3.63, 3.8) is 0 Å². The van der Waals surface area contributed by atoms with Crippen molar-refractivity contribution < 1.29 is 23.9 Å². The summed E-state index contributed by atoms with van der Waals surface area (Å²) in [5, 5.41) is 0. The fraction of sp³-hybridized carbons (Fsp3) is 0.438. The number of benzene rings is 1. The molecule has 5 heteroatoms. The second kappa shape index (κ2) is 8.32. The molecular formula is C16H20O5. The van der Waals surface area contributed by atoms with Gasteiger partial charge in [0.1, 0.15) is 12.5 Å². The minimum atomic E-state index is -0.942. The summed E-state index contributed by atoms with van der Waals surface area (Å²) in [6.07, 6.45) is 0. The molecule has 2 unspecified atom stereocenters. The minimum absolute atomic E-state index is 0.157. The lowest BCUT2D eigenvalue weighted by atomic mass is 9.92. The summed E-state index contributed by atoms with van der Waals surface area (Å²) in [7, 11) is 1.21. The topological polar surface area (TPSA) is 69.7 Å². The van der Waals surface area contributed by atoms with Gasteiger partial charge in [-0.2, -0.15) is 0 Å². The zero-order valence-electron chi connectivity index (χ0n) is 12.5. The van der Waals surface area contributed by atoms with E-state index in [4.69, 9.17) is 4.74 Å². The van der Waals surface area contributed by atoms with E-state index in [0.717, 1.165) is 5.56 Å². The molecule has 5 nitrogen and oxygen atoms in total. The van der Waals surface area contributed by atoms with Crippen molar-refractivity contribution in [3.05, 3.63) is 35.9 Å². The number of carbonyl (C=O) groups is 3. The van der Waals surface area contributed by atoms with Crippen molar-refractivity contribution in [3.8, 4) is 0 Å². The zero-order chi connectivity index (χ0) is 15.8. The maximum absolute atomic E-state index is 11.9. The quantitative estimate of drug-likeness (QED) is 0.539. The molecule has 2 atom stereocenters. The fourth-order valence-corrected chi connectivity index (χ4v) is 1.80. The SMILES string of the molecule is COC(=O)C(C)C(=O)C(C)C(=O)COCc1ccccc1. The van der Waals surface area contributed by atoms with Crippen molar-refractivity contribution in [2.75, 3.05) is 13.7 Å². The molecule has 1 rings (SSSR count). The first-order valence-corrected chi connectivity index (χ1v) is 6.73. The van der Waals surface area contributed by atoms with E-state index in [-0.39, 0.29) is 12.4 Å². The zero-order valence-corrected chi connectivity index (χ0v) is 12.5. The Labute approximate surface area is 124 Å². The second-order valence-corrected chi connectivity index (χ2v) is 4.81. The molecule has 0 fully saturated rings. The van der Waals surface area contributed by atoms with Gasteiger partial charge in [-0.3, -0.25) is 14.4 Å². The second-order valence-electron chi connectivity index (χ2n) is 4.81. The van der Waals surface area contributed by atoms with Crippen molar-refractivity contribution in [2.45, 2.75) is 20.5 Å². The van der Waals surface area contributed by atoms with Crippen LogP contribution < -0.4 is 0 Å². The van der Waals surface area contributed by atoms with E-state index in [1.165, 1.54) is 21.0 Å². The number of Topliss-reactive ketones (excluding diaryl/α,β-unsaturated/α-hetero) is 2. The van der Waals surface area contributed by atoms with Crippen molar-refractivity contribution in [1.82, 2.24) is 0 Å². The predicted molar refractivity (Wildman–Crippen MR) is 76.5 cm³/mol. The van der Waals surface area contributed by atoms with Crippen molar-refractivity contribution >= 4 is 17.5 Å². The summed E-state index contributed by atoms with van der Waals surface area (Å²) in [5.74, 6) is -3.25. The minimum Gasteiger partial charge on any atom is -0.468 e. The summed E-state index contributed by atoms with van der Waals surface area (Å²) in [6, 6.07) is 9.43. The summed E-state index contributed by atoms with van der Waals surface area (Å²) in [5.41, 5.74) is 0.951. The normalized spacial score (nSPS) is 13.3. The van der Waals surface area contributed by atoms with E-state index in [1.807, 2.05) is 30.3 Å². The predicted octanol–water partition coefficient (Wildman–Crippen LogP) is 1.79. The highest BCUT2D eigenvalue weighted by Gasteiger charge is 2.30. The number of methoxy groups -OCH3 is 1. The van der Waals surface area contributed by atoms with Gasteiger partial charge in [-0.25, -0.2) is 0 Å². The van der Waals surface area contributed by atoms with Crippen LogP contribution in [-0.2, 0) is 30.5 Å². The van der Waals surface area contributed by atoms with Crippen molar-refractivity contribution in [1.29, 1.82) is 0 Å². The van der Waals surface area contributed by atoms with Crippen LogP contribution in [0.5, 0.6) is 0 Å². The molecule has 1 aromatic carbocycles. The Morgan fingerprint density at radius 1 is 1.05 bits per heavy atom. The number of ketones is 2.